The number of aliphatic hydroxyl groups excluding tert-OH is 1. The Balaban J connectivity index is 1.41. The molecular weight excluding hydrogens is 704 g/mol. The van der Waals surface area contributed by atoms with Crippen molar-refractivity contribution in [3.8, 4) is 46.0 Å². The summed E-state index contributed by atoms with van der Waals surface area (Å²) in [5, 5.41) is 99.8. The van der Waals surface area contributed by atoms with E-state index < -0.39 is 114 Å². The van der Waals surface area contributed by atoms with E-state index in [1.54, 1.807) is 0 Å². The van der Waals surface area contributed by atoms with Crippen LogP contribution in [0.4, 0.5) is 0 Å². The van der Waals surface area contributed by atoms with Gasteiger partial charge in [-0.2, -0.15) is 0 Å². The minimum atomic E-state index is -2.02. The van der Waals surface area contributed by atoms with Crippen LogP contribution >= 0.6 is 0 Å². The molecule has 0 aromatic heterocycles. The molecule has 1 heterocycles. The van der Waals surface area contributed by atoms with Gasteiger partial charge in [0.25, 0.3) is 0 Å². The molecule has 1 aliphatic rings. The van der Waals surface area contributed by atoms with Gasteiger partial charge in [-0.05, 0) is 64.7 Å². The van der Waals surface area contributed by atoms with Crippen LogP contribution in [0, 0.1) is 0 Å². The summed E-state index contributed by atoms with van der Waals surface area (Å²) in [6.07, 6.45) is -8.56. The fourth-order valence-electron chi connectivity index (χ4n) is 5.68. The van der Waals surface area contributed by atoms with E-state index >= 15 is 0 Å². The Morgan fingerprint density at radius 1 is 0.585 bits per heavy atom. The van der Waals surface area contributed by atoms with E-state index in [2.05, 4.69) is 0 Å². The Morgan fingerprint density at radius 3 is 1.58 bits per heavy atom. The fourth-order valence-corrected chi connectivity index (χ4v) is 5.68. The minimum Gasteiger partial charge on any atom is -0.504 e. The maximum Gasteiger partial charge on any atom is 0.345 e. The van der Waals surface area contributed by atoms with Crippen molar-refractivity contribution in [2.75, 3.05) is 0 Å². The Labute approximate surface area is 298 Å². The molecule has 4 aromatic carbocycles. The monoisotopic (exact) mass is 736 g/mol. The topological polar surface area (TPSA) is 298 Å². The quantitative estimate of drug-likeness (QED) is 0.0695. The largest absolute Gasteiger partial charge is 0.504 e. The maximum atomic E-state index is 13.8. The summed E-state index contributed by atoms with van der Waals surface area (Å²) < 4.78 is 16.3. The smallest absolute Gasteiger partial charge is 0.345 e. The highest BCUT2D eigenvalue weighted by molar-refractivity contribution is 5.86. The van der Waals surface area contributed by atoms with E-state index in [1.807, 2.05) is 0 Å². The molecule has 1 aliphatic heterocycles. The summed E-state index contributed by atoms with van der Waals surface area (Å²) in [6, 6.07) is 12.7. The summed E-state index contributed by atoms with van der Waals surface area (Å²) in [4.78, 5) is 50.7. The lowest BCUT2D eigenvalue weighted by molar-refractivity contribution is -0.170. The van der Waals surface area contributed by atoms with E-state index in [4.69, 9.17) is 14.2 Å². The molecular formula is C36H32O17. The van der Waals surface area contributed by atoms with Crippen LogP contribution in [0.2, 0.25) is 0 Å². The van der Waals surface area contributed by atoms with Crippen molar-refractivity contribution in [2.45, 2.75) is 49.6 Å². The van der Waals surface area contributed by atoms with Gasteiger partial charge in [0, 0.05) is 24.8 Å². The molecule has 0 amide bonds. The van der Waals surface area contributed by atoms with Crippen LogP contribution in [0.5, 0.6) is 46.0 Å². The van der Waals surface area contributed by atoms with Gasteiger partial charge in [-0.25, -0.2) is 14.4 Å². The van der Waals surface area contributed by atoms with Gasteiger partial charge >= 0.3 is 23.9 Å². The molecule has 17 nitrogen and oxygen atoms in total. The minimum absolute atomic E-state index is 0.00554. The number of phenols is 7. The summed E-state index contributed by atoms with van der Waals surface area (Å²) in [5.41, 5.74) is 0.353. The van der Waals surface area contributed by atoms with Crippen LogP contribution < -0.4 is 4.74 Å². The van der Waals surface area contributed by atoms with Gasteiger partial charge in [-0.3, -0.25) is 4.79 Å². The Kier molecular flexibility index (Phi) is 10.7. The number of phenolic OH excluding ortho intramolecular Hbond substituents is 7. The molecule has 0 fully saturated rings. The van der Waals surface area contributed by atoms with Crippen LogP contribution in [0.3, 0.4) is 0 Å². The number of carbonyl (C=O) groups is 4. The zero-order valence-electron chi connectivity index (χ0n) is 27.2. The molecule has 5 atom stereocenters. The number of aliphatic carboxylic acids is 2. The summed E-state index contributed by atoms with van der Waals surface area (Å²) >= 11 is 0. The molecule has 0 bridgehead atoms. The van der Waals surface area contributed by atoms with Crippen molar-refractivity contribution < 1.29 is 84.5 Å². The highest BCUT2D eigenvalue weighted by Gasteiger charge is 2.45. The average molecular weight is 737 g/mol. The number of hydrogen-bond donors (Lipinski definition) is 10. The predicted octanol–water partition coefficient (Wildman–Crippen LogP) is 2.22. The number of fused-ring (bicyclic) bond motifs is 1. The first-order valence-corrected chi connectivity index (χ1v) is 15.6. The van der Waals surface area contributed by atoms with Crippen molar-refractivity contribution in [1.29, 1.82) is 0 Å². The number of ether oxygens (including phenoxy) is 3. The van der Waals surface area contributed by atoms with E-state index in [0.29, 0.717) is 0 Å². The van der Waals surface area contributed by atoms with Crippen molar-refractivity contribution in [2.24, 2.45) is 0 Å². The molecule has 17 heteroatoms. The SMILES string of the molecule is O=C(OC(Cc1ccc(O)c(O)c1)C(=O)O)C(O)Cc1cc(O)c2c(c1)C(C(=O)OC(Cc1ccc(O)c(O)c1)C(=O)O)C(c1ccc(O)c(O)c1)O2. The average Bonchev–Trinajstić information content (AvgIpc) is 3.48. The summed E-state index contributed by atoms with van der Waals surface area (Å²) in [6.45, 7) is 0. The molecule has 5 unspecified atom stereocenters. The number of benzene rings is 4. The van der Waals surface area contributed by atoms with Crippen molar-refractivity contribution in [3.05, 3.63) is 94.5 Å². The summed E-state index contributed by atoms with van der Waals surface area (Å²) in [7, 11) is 0. The molecule has 0 aliphatic carbocycles. The normalized spacial score (nSPS) is 16.4. The number of hydrogen-bond acceptors (Lipinski definition) is 15. The van der Waals surface area contributed by atoms with E-state index in [0.717, 1.165) is 42.5 Å². The molecule has 4 aromatic rings. The number of carboxylic acids is 2. The fraction of sp³-hybridized carbons (Fsp3) is 0.222. The zero-order valence-corrected chi connectivity index (χ0v) is 27.2. The molecule has 0 radical (unpaired) electrons. The van der Waals surface area contributed by atoms with Crippen LogP contribution in [0.1, 0.15) is 39.8 Å². The second-order valence-electron chi connectivity index (χ2n) is 12.1. The van der Waals surface area contributed by atoms with Gasteiger partial charge < -0.3 is 65.3 Å². The third-order valence-corrected chi connectivity index (χ3v) is 8.31. The first-order chi connectivity index (χ1) is 25.0. The molecule has 0 spiro atoms. The number of carboxylic acid groups (broad SMARTS) is 2. The van der Waals surface area contributed by atoms with Crippen LogP contribution in [-0.4, -0.2) is 93.3 Å². The zero-order chi connectivity index (χ0) is 38.7. The van der Waals surface area contributed by atoms with E-state index in [1.165, 1.54) is 24.3 Å². The van der Waals surface area contributed by atoms with Gasteiger partial charge in [-0.15, -0.1) is 0 Å². The van der Waals surface area contributed by atoms with Crippen molar-refractivity contribution in [3.63, 3.8) is 0 Å². The number of aliphatic hydroxyl groups is 1. The van der Waals surface area contributed by atoms with Crippen LogP contribution in [-0.2, 0) is 47.9 Å². The van der Waals surface area contributed by atoms with Gasteiger partial charge in [0.1, 0.15) is 12.0 Å². The van der Waals surface area contributed by atoms with Gasteiger partial charge in [0.05, 0.1) is 0 Å². The molecule has 10 N–H and O–H groups in total. The lowest BCUT2D eigenvalue weighted by Crippen LogP contribution is -2.35. The third-order valence-electron chi connectivity index (χ3n) is 8.31. The predicted molar refractivity (Wildman–Crippen MR) is 176 cm³/mol. The maximum absolute atomic E-state index is 13.8. The Bertz CT molecular complexity index is 2080. The second kappa shape index (κ2) is 15.2. The van der Waals surface area contributed by atoms with Gasteiger partial charge in [-0.1, -0.05) is 24.3 Å². The van der Waals surface area contributed by atoms with E-state index in [-0.39, 0.29) is 33.6 Å². The lowest BCUT2D eigenvalue weighted by Gasteiger charge is -2.21. The third kappa shape index (κ3) is 8.37. The second-order valence-corrected chi connectivity index (χ2v) is 12.1. The van der Waals surface area contributed by atoms with E-state index in [9.17, 15) is 70.2 Å². The summed E-state index contributed by atoms with van der Waals surface area (Å²) in [5.74, 6) is -11.3. The number of esters is 2. The van der Waals surface area contributed by atoms with Crippen LogP contribution in [0.15, 0.2) is 66.7 Å². The molecule has 0 saturated heterocycles. The Hall–Kier alpha value is -6.88. The highest BCUT2D eigenvalue weighted by atomic mass is 16.6. The molecule has 278 valence electrons. The molecule has 0 saturated carbocycles. The highest BCUT2D eigenvalue weighted by Crippen LogP contribution is 2.52. The first-order valence-electron chi connectivity index (χ1n) is 15.6. The molecule has 53 heavy (non-hydrogen) atoms. The van der Waals surface area contributed by atoms with Crippen molar-refractivity contribution in [1.82, 2.24) is 0 Å². The number of carbonyl (C=O) groups excluding carboxylic acids is 2. The van der Waals surface area contributed by atoms with Gasteiger partial charge in [0.2, 0.25) is 12.2 Å². The van der Waals surface area contributed by atoms with Gasteiger partial charge in [0.15, 0.2) is 52.1 Å². The Morgan fingerprint density at radius 2 is 1.08 bits per heavy atom. The number of aromatic hydroxyl groups is 7. The first kappa shape index (κ1) is 37.4. The van der Waals surface area contributed by atoms with Crippen LogP contribution in [0.25, 0.3) is 0 Å². The lowest BCUT2D eigenvalue weighted by atomic mass is 9.89. The standard InChI is InChI=1S/C36H32O17/c37-20-4-1-15(8-23(20)40)12-28(33(45)46)51-35(49)27(44)11-17-7-19-30(31(53-32(19)26(43)10-17)18-3-6-22(39)25(42)14-18)36(50)52-29(34(47)48)13-16-2-5-21(38)24(41)9-16/h1-10,14,27-31,37-44H,11-13H2,(H,45,46)(H,47,48). The molecule has 5 rings (SSSR count). The van der Waals surface area contributed by atoms with Crippen molar-refractivity contribution >= 4 is 23.9 Å². The number of rotatable bonds is 13.